The number of ether oxygens (including phenoxy) is 2. The number of benzene rings is 1. The van der Waals surface area contributed by atoms with Gasteiger partial charge in [0, 0.05) is 13.7 Å². The third-order valence-corrected chi connectivity index (χ3v) is 4.76. The van der Waals surface area contributed by atoms with Gasteiger partial charge in [-0.05, 0) is 31.2 Å². The zero-order valence-corrected chi connectivity index (χ0v) is 14.3. The normalized spacial score (nSPS) is 12.5. The number of carbonyl (C=O) groups is 2. The van der Waals surface area contributed by atoms with E-state index in [2.05, 4.69) is 5.32 Å². The van der Waals surface area contributed by atoms with E-state index in [9.17, 15) is 22.4 Å². The van der Waals surface area contributed by atoms with Gasteiger partial charge in [0.15, 0.2) is 15.9 Å². The maximum absolute atomic E-state index is 12.8. The minimum absolute atomic E-state index is 0.0814. The van der Waals surface area contributed by atoms with Crippen molar-refractivity contribution in [2.75, 3.05) is 26.0 Å². The Morgan fingerprint density at radius 2 is 1.88 bits per heavy atom. The minimum atomic E-state index is -3.73. The lowest BCUT2D eigenvalue weighted by Crippen LogP contribution is -2.37. The van der Waals surface area contributed by atoms with Crippen LogP contribution in [0.5, 0.6) is 0 Å². The highest BCUT2D eigenvalue weighted by Gasteiger charge is 2.21. The molecular formula is C15H20FNO6S. The molecule has 0 unspecified atom stereocenters. The molecule has 0 spiro atoms. The van der Waals surface area contributed by atoms with Crippen LogP contribution in [0.4, 0.5) is 4.39 Å². The molecule has 0 bridgehead atoms. The molecule has 0 aliphatic heterocycles. The highest BCUT2D eigenvalue weighted by Crippen LogP contribution is 2.13. The summed E-state index contributed by atoms with van der Waals surface area (Å²) < 4.78 is 46.5. The van der Waals surface area contributed by atoms with Crippen LogP contribution in [-0.2, 0) is 28.9 Å². The van der Waals surface area contributed by atoms with Crippen LogP contribution in [0.1, 0.15) is 13.3 Å². The van der Waals surface area contributed by atoms with E-state index in [1.807, 2.05) is 0 Å². The molecule has 7 nitrogen and oxygen atoms in total. The van der Waals surface area contributed by atoms with Gasteiger partial charge >= 0.3 is 5.97 Å². The second-order valence-electron chi connectivity index (χ2n) is 4.94. The van der Waals surface area contributed by atoms with Gasteiger partial charge in [-0.1, -0.05) is 0 Å². The Labute approximate surface area is 140 Å². The van der Waals surface area contributed by atoms with Crippen LogP contribution >= 0.6 is 0 Å². The molecule has 1 rings (SSSR count). The molecule has 0 heterocycles. The van der Waals surface area contributed by atoms with Crippen LogP contribution in [0.15, 0.2) is 29.2 Å². The Hall–Kier alpha value is -2.00. The molecule has 0 saturated heterocycles. The molecule has 0 aliphatic rings. The Morgan fingerprint density at radius 3 is 2.46 bits per heavy atom. The zero-order valence-electron chi connectivity index (χ0n) is 13.5. The van der Waals surface area contributed by atoms with Crippen LogP contribution in [0.2, 0.25) is 0 Å². The quantitative estimate of drug-likeness (QED) is 0.395. The standard InChI is InChI=1S/C15H20FNO6S/c1-11(15(19)17-8-9-22-2)23-14(18)7-10-24(20,21)13-5-3-12(16)4-6-13/h3-6,11H,7-10H2,1-2H3,(H,17,19)/t11-/m1/s1. The first-order chi connectivity index (χ1) is 11.3. The Bertz CT molecular complexity index is 659. The Morgan fingerprint density at radius 1 is 1.25 bits per heavy atom. The van der Waals surface area contributed by atoms with E-state index in [-0.39, 0.29) is 11.4 Å². The summed E-state index contributed by atoms with van der Waals surface area (Å²) in [7, 11) is -2.25. The number of halogens is 1. The average Bonchev–Trinajstić information content (AvgIpc) is 2.53. The predicted octanol–water partition coefficient (Wildman–Crippen LogP) is 0.684. The molecule has 134 valence electrons. The summed E-state index contributed by atoms with van der Waals surface area (Å²) in [6.07, 6.45) is -1.45. The van der Waals surface area contributed by atoms with Crippen molar-refractivity contribution in [3.63, 3.8) is 0 Å². The number of amides is 1. The van der Waals surface area contributed by atoms with E-state index in [1.165, 1.54) is 14.0 Å². The third kappa shape index (κ3) is 6.63. The van der Waals surface area contributed by atoms with Gasteiger partial charge in [-0.3, -0.25) is 9.59 Å². The van der Waals surface area contributed by atoms with Gasteiger partial charge in [-0.25, -0.2) is 12.8 Å². The topological polar surface area (TPSA) is 98.8 Å². The lowest BCUT2D eigenvalue weighted by atomic mass is 10.3. The van der Waals surface area contributed by atoms with Crippen LogP contribution in [0, 0.1) is 5.82 Å². The number of nitrogens with one attached hydrogen (secondary N) is 1. The molecule has 0 fully saturated rings. The average molecular weight is 361 g/mol. The number of esters is 1. The minimum Gasteiger partial charge on any atom is -0.453 e. The molecule has 1 atom stereocenters. The zero-order chi connectivity index (χ0) is 18.2. The van der Waals surface area contributed by atoms with Gasteiger partial charge in [-0.2, -0.15) is 0 Å². The maximum atomic E-state index is 12.8. The Balaban J connectivity index is 2.47. The molecule has 9 heteroatoms. The van der Waals surface area contributed by atoms with Crippen LogP contribution < -0.4 is 5.32 Å². The first-order valence-electron chi connectivity index (χ1n) is 7.20. The summed E-state index contributed by atoms with van der Waals surface area (Å²) in [4.78, 5) is 23.2. The summed E-state index contributed by atoms with van der Waals surface area (Å²) in [5.41, 5.74) is 0. The van der Waals surface area contributed by atoms with Crippen LogP contribution in [0.3, 0.4) is 0 Å². The second-order valence-corrected chi connectivity index (χ2v) is 7.05. The molecule has 1 N–H and O–H groups in total. The van der Waals surface area contributed by atoms with Gasteiger partial charge in [0.2, 0.25) is 0 Å². The number of hydrogen-bond acceptors (Lipinski definition) is 6. The summed E-state index contributed by atoms with van der Waals surface area (Å²) >= 11 is 0. The smallest absolute Gasteiger partial charge is 0.307 e. The van der Waals surface area contributed by atoms with E-state index >= 15 is 0 Å². The van der Waals surface area contributed by atoms with E-state index in [0.29, 0.717) is 6.61 Å². The largest absolute Gasteiger partial charge is 0.453 e. The van der Waals surface area contributed by atoms with Crippen LogP contribution in [0.25, 0.3) is 0 Å². The fraction of sp³-hybridized carbons (Fsp3) is 0.467. The summed E-state index contributed by atoms with van der Waals surface area (Å²) in [5, 5.41) is 2.50. The van der Waals surface area contributed by atoms with E-state index in [1.54, 1.807) is 0 Å². The maximum Gasteiger partial charge on any atom is 0.307 e. The molecule has 1 amide bonds. The van der Waals surface area contributed by atoms with Crippen molar-refractivity contribution < 1.29 is 31.9 Å². The third-order valence-electron chi connectivity index (χ3n) is 3.03. The van der Waals surface area contributed by atoms with E-state index in [0.717, 1.165) is 24.3 Å². The molecule has 0 saturated carbocycles. The molecule has 1 aromatic rings. The fourth-order valence-electron chi connectivity index (χ4n) is 1.71. The monoisotopic (exact) mass is 361 g/mol. The summed E-state index contributed by atoms with van der Waals surface area (Å²) in [5.74, 6) is -2.35. The van der Waals surface area contributed by atoms with Gasteiger partial charge in [0.1, 0.15) is 5.82 Å². The number of hydrogen-bond donors (Lipinski definition) is 1. The molecular weight excluding hydrogens is 341 g/mol. The SMILES string of the molecule is COCCNC(=O)[C@@H](C)OC(=O)CCS(=O)(=O)c1ccc(F)cc1. The highest BCUT2D eigenvalue weighted by molar-refractivity contribution is 7.91. The summed E-state index contributed by atoms with van der Waals surface area (Å²) in [6, 6.07) is 4.30. The number of carbonyl (C=O) groups excluding carboxylic acids is 2. The lowest BCUT2D eigenvalue weighted by Gasteiger charge is -2.13. The van der Waals surface area contributed by atoms with E-state index in [4.69, 9.17) is 9.47 Å². The molecule has 24 heavy (non-hydrogen) atoms. The van der Waals surface area contributed by atoms with Gasteiger partial charge < -0.3 is 14.8 Å². The number of methoxy groups -OCH3 is 1. The van der Waals surface area contributed by atoms with E-state index < -0.39 is 45.8 Å². The molecule has 0 aliphatic carbocycles. The van der Waals surface area contributed by atoms with Crippen molar-refractivity contribution in [1.82, 2.24) is 5.32 Å². The number of sulfone groups is 1. The van der Waals surface area contributed by atoms with Gasteiger partial charge in [0.25, 0.3) is 5.91 Å². The van der Waals surface area contributed by atoms with Crippen molar-refractivity contribution >= 4 is 21.7 Å². The van der Waals surface area contributed by atoms with Crippen molar-refractivity contribution in [2.45, 2.75) is 24.3 Å². The van der Waals surface area contributed by atoms with Crippen molar-refractivity contribution in [3.05, 3.63) is 30.1 Å². The highest BCUT2D eigenvalue weighted by atomic mass is 32.2. The Kier molecular flexibility index (Phi) is 7.80. The number of rotatable bonds is 9. The van der Waals surface area contributed by atoms with Crippen LogP contribution in [-0.4, -0.2) is 52.4 Å². The van der Waals surface area contributed by atoms with Crippen molar-refractivity contribution in [1.29, 1.82) is 0 Å². The summed E-state index contributed by atoms with van der Waals surface area (Å²) in [6.45, 7) is 1.98. The first kappa shape index (κ1) is 20.0. The van der Waals surface area contributed by atoms with Crippen molar-refractivity contribution in [2.24, 2.45) is 0 Å². The lowest BCUT2D eigenvalue weighted by molar-refractivity contribution is -0.154. The fourth-order valence-corrected chi connectivity index (χ4v) is 2.93. The second kappa shape index (κ2) is 9.33. The molecule has 1 aromatic carbocycles. The molecule has 0 aromatic heterocycles. The van der Waals surface area contributed by atoms with Gasteiger partial charge in [0.05, 0.1) is 23.7 Å². The predicted molar refractivity (Wildman–Crippen MR) is 83.5 cm³/mol. The molecule has 0 radical (unpaired) electrons. The first-order valence-corrected chi connectivity index (χ1v) is 8.86. The van der Waals surface area contributed by atoms with Crippen molar-refractivity contribution in [3.8, 4) is 0 Å². The van der Waals surface area contributed by atoms with Gasteiger partial charge in [-0.15, -0.1) is 0 Å².